The normalized spacial score (nSPS) is 11.2. The molecule has 3 rings (SSSR count). The van der Waals surface area contributed by atoms with Crippen LogP contribution in [0, 0.1) is 6.92 Å². The lowest BCUT2D eigenvalue weighted by Gasteiger charge is -2.00. The highest BCUT2D eigenvalue weighted by Crippen LogP contribution is 2.18. The average molecular weight is 243 g/mol. The molecule has 0 fully saturated rings. The van der Waals surface area contributed by atoms with Gasteiger partial charge in [-0.15, -0.1) is 0 Å². The number of nitrogens with one attached hydrogen (secondary N) is 1. The van der Waals surface area contributed by atoms with Crippen LogP contribution in [0.5, 0.6) is 0 Å². The predicted molar refractivity (Wildman–Crippen MR) is 65.0 cm³/mol. The number of hydrogen-bond acceptors (Lipinski definition) is 3. The van der Waals surface area contributed by atoms with Gasteiger partial charge in [-0.1, -0.05) is 12.1 Å². The van der Waals surface area contributed by atoms with E-state index in [2.05, 4.69) is 9.97 Å². The lowest BCUT2D eigenvalue weighted by Crippen LogP contribution is -2.17. The van der Waals surface area contributed by atoms with Gasteiger partial charge in [-0.05, 0) is 19.1 Å². The van der Waals surface area contributed by atoms with Gasteiger partial charge in [0.05, 0.1) is 11.2 Å². The van der Waals surface area contributed by atoms with Crippen molar-refractivity contribution in [1.82, 2.24) is 14.4 Å². The SMILES string of the molecule is Cc1c(C(=O)O)nc2c3ccccc3[nH]c(=O)n12. The maximum atomic E-state index is 11.9. The Morgan fingerprint density at radius 2 is 2.11 bits per heavy atom. The van der Waals surface area contributed by atoms with Crippen molar-refractivity contribution in [1.29, 1.82) is 0 Å². The summed E-state index contributed by atoms with van der Waals surface area (Å²) in [5.74, 6) is -1.14. The van der Waals surface area contributed by atoms with Crippen LogP contribution in [0.4, 0.5) is 0 Å². The first-order valence-corrected chi connectivity index (χ1v) is 5.33. The number of aryl methyl sites for hydroxylation is 1. The summed E-state index contributed by atoms with van der Waals surface area (Å²) in [6.07, 6.45) is 0. The summed E-state index contributed by atoms with van der Waals surface area (Å²) in [5.41, 5.74) is 0.837. The number of hydrogen-bond donors (Lipinski definition) is 2. The van der Waals surface area contributed by atoms with Gasteiger partial charge in [0.25, 0.3) is 0 Å². The van der Waals surface area contributed by atoms with Crippen molar-refractivity contribution in [3.05, 3.63) is 46.1 Å². The fourth-order valence-corrected chi connectivity index (χ4v) is 2.09. The molecule has 2 aromatic heterocycles. The van der Waals surface area contributed by atoms with Gasteiger partial charge in [0.1, 0.15) is 0 Å². The summed E-state index contributed by atoms with van der Waals surface area (Å²) in [5, 5.41) is 9.76. The lowest BCUT2D eigenvalue weighted by molar-refractivity contribution is 0.0690. The minimum absolute atomic E-state index is 0.100. The van der Waals surface area contributed by atoms with E-state index in [1.165, 1.54) is 4.40 Å². The molecule has 2 heterocycles. The van der Waals surface area contributed by atoms with Crippen molar-refractivity contribution in [2.45, 2.75) is 6.92 Å². The predicted octanol–water partition coefficient (Wildman–Crippen LogP) is 1.18. The van der Waals surface area contributed by atoms with E-state index in [0.717, 1.165) is 0 Å². The number of carboxylic acid groups (broad SMARTS) is 1. The number of carboxylic acids is 1. The van der Waals surface area contributed by atoms with Crippen molar-refractivity contribution < 1.29 is 9.90 Å². The molecule has 0 spiro atoms. The maximum Gasteiger partial charge on any atom is 0.356 e. The molecular formula is C12H9N3O3. The van der Waals surface area contributed by atoms with E-state index in [-0.39, 0.29) is 11.4 Å². The lowest BCUT2D eigenvalue weighted by atomic mass is 10.2. The largest absolute Gasteiger partial charge is 0.476 e. The Morgan fingerprint density at radius 1 is 1.39 bits per heavy atom. The minimum atomic E-state index is -1.14. The third-order valence-corrected chi connectivity index (χ3v) is 2.92. The molecule has 0 saturated heterocycles. The molecule has 3 aromatic rings. The number of rotatable bonds is 1. The Hall–Kier alpha value is -2.63. The van der Waals surface area contributed by atoms with Crippen LogP contribution in [0.15, 0.2) is 29.1 Å². The smallest absolute Gasteiger partial charge is 0.356 e. The van der Waals surface area contributed by atoms with Gasteiger partial charge >= 0.3 is 11.7 Å². The second kappa shape index (κ2) is 3.43. The number of fused-ring (bicyclic) bond motifs is 3. The van der Waals surface area contributed by atoms with Gasteiger partial charge in [-0.3, -0.25) is 0 Å². The van der Waals surface area contributed by atoms with Crippen molar-refractivity contribution in [2.75, 3.05) is 0 Å². The Balaban J connectivity index is 2.62. The van der Waals surface area contributed by atoms with Crippen LogP contribution in [-0.4, -0.2) is 25.4 Å². The highest BCUT2D eigenvalue weighted by molar-refractivity contribution is 5.94. The second-order valence-electron chi connectivity index (χ2n) is 3.99. The standard InChI is InChI=1S/C12H9N3O3/c1-6-9(11(16)17)14-10-7-4-2-3-5-8(7)13-12(18)15(6)10/h2-5H,1H3,(H,13,18)(H,16,17). The van der Waals surface area contributed by atoms with Crippen molar-refractivity contribution in [3.8, 4) is 0 Å². The molecule has 1 aromatic carbocycles. The summed E-state index contributed by atoms with van der Waals surface area (Å²) in [6, 6.07) is 7.15. The van der Waals surface area contributed by atoms with Gasteiger partial charge in [0, 0.05) is 5.39 Å². The summed E-state index contributed by atoms with van der Waals surface area (Å²) >= 11 is 0. The van der Waals surface area contributed by atoms with Gasteiger partial charge in [-0.25, -0.2) is 19.0 Å². The Kier molecular flexibility index (Phi) is 2.00. The highest BCUT2D eigenvalue weighted by atomic mass is 16.4. The molecule has 0 bridgehead atoms. The molecule has 0 aliphatic rings. The van der Waals surface area contributed by atoms with E-state index >= 15 is 0 Å². The third-order valence-electron chi connectivity index (χ3n) is 2.92. The van der Waals surface area contributed by atoms with Gasteiger partial charge in [-0.2, -0.15) is 0 Å². The molecule has 18 heavy (non-hydrogen) atoms. The van der Waals surface area contributed by atoms with Crippen LogP contribution < -0.4 is 5.69 Å². The summed E-state index contributed by atoms with van der Waals surface area (Å²) in [7, 11) is 0. The van der Waals surface area contributed by atoms with Crippen molar-refractivity contribution in [3.63, 3.8) is 0 Å². The van der Waals surface area contributed by atoms with E-state index in [4.69, 9.17) is 5.11 Å². The molecule has 0 amide bonds. The molecule has 0 atom stereocenters. The molecule has 0 unspecified atom stereocenters. The quantitative estimate of drug-likeness (QED) is 0.671. The second-order valence-corrected chi connectivity index (χ2v) is 3.99. The number of para-hydroxylation sites is 1. The topological polar surface area (TPSA) is 87.5 Å². The zero-order valence-electron chi connectivity index (χ0n) is 9.47. The first-order valence-electron chi connectivity index (χ1n) is 5.33. The van der Waals surface area contributed by atoms with E-state index in [9.17, 15) is 9.59 Å². The molecular weight excluding hydrogens is 234 g/mol. The molecule has 0 radical (unpaired) electrons. The van der Waals surface area contributed by atoms with Crippen LogP contribution in [0.2, 0.25) is 0 Å². The third kappa shape index (κ3) is 1.26. The first kappa shape index (κ1) is 10.5. The highest BCUT2D eigenvalue weighted by Gasteiger charge is 2.18. The number of nitrogens with zero attached hydrogens (tertiary/aromatic N) is 2. The summed E-state index contributed by atoms with van der Waals surface area (Å²) < 4.78 is 1.28. The fraction of sp³-hybridized carbons (Fsp3) is 0.0833. The van der Waals surface area contributed by atoms with E-state index in [1.54, 1.807) is 25.1 Å². The zero-order valence-corrected chi connectivity index (χ0v) is 9.47. The molecule has 0 aliphatic heterocycles. The summed E-state index contributed by atoms with van der Waals surface area (Å²) in [4.78, 5) is 29.7. The average Bonchev–Trinajstić information content (AvgIpc) is 2.68. The number of aromatic carboxylic acids is 1. The number of benzene rings is 1. The van der Waals surface area contributed by atoms with E-state index in [0.29, 0.717) is 22.2 Å². The molecule has 6 nitrogen and oxygen atoms in total. The number of H-pyrrole nitrogens is 1. The van der Waals surface area contributed by atoms with Crippen LogP contribution in [0.1, 0.15) is 16.2 Å². The van der Waals surface area contributed by atoms with Gasteiger partial charge in [0.15, 0.2) is 11.3 Å². The molecule has 0 aliphatic carbocycles. The molecule has 2 N–H and O–H groups in total. The number of carbonyl (C=O) groups is 1. The molecule has 90 valence electrons. The van der Waals surface area contributed by atoms with Crippen LogP contribution in [0.3, 0.4) is 0 Å². The fourth-order valence-electron chi connectivity index (χ4n) is 2.09. The number of aromatic nitrogens is 3. The number of imidazole rings is 1. The zero-order chi connectivity index (χ0) is 12.9. The van der Waals surface area contributed by atoms with Crippen molar-refractivity contribution >= 4 is 22.5 Å². The van der Waals surface area contributed by atoms with Crippen molar-refractivity contribution in [2.24, 2.45) is 0 Å². The van der Waals surface area contributed by atoms with Gasteiger partial charge < -0.3 is 10.1 Å². The minimum Gasteiger partial charge on any atom is -0.476 e. The van der Waals surface area contributed by atoms with E-state index < -0.39 is 5.97 Å². The first-order chi connectivity index (χ1) is 8.59. The van der Waals surface area contributed by atoms with E-state index in [1.807, 2.05) is 6.07 Å². The Bertz CT molecular complexity index is 845. The van der Waals surface area contributed by atoms with Gasteiger partial charge in [0.2, 0.25) is 0 Å². The number of aromatic amines is 1. The van der Waals surface area contributed by atoms with Crippen LogP contribution in [0.25, 0.3) is 16.6 Å². The summed E-state index contributed by atoms with van der Waals surface area (Å²) in [6.45, 7) is 1.56. The van der Waals surface area contributed by atoms with Crippen LogP contribution in [-0.2, 0) is 0 Å². The molecule has 0 saturated carbocycles. The molecule has 6 heteroatoms. The maximum absolute atomic E-state index is 11.9. The Morgan fingerprint density at radius 3 is 2.83 bits per heavy atom. The van der Waals surface area contributed by atoms with Crippen LogP contribution >= 0.6 is 0 Å². The Labute approximate surface area is 101 Å². The monoisotopic (exact) mass is 243 g/mol.